The maximum absolute atomic E-state index is 12.8. The molecule has 0 spiro atoms. The van der Waals surface area contributed by atoms with Crippen LogP contribution in [0.3, 0.4) is 0 Å². The van der Waals surface area contributed by atoms with Crippen LogP contribution in [0.5, 0.6) is 0 Å². The monoisotopic (exact) mass is 298 g/mol. The molecule has 5 heteroatoms. The quantitative estimate of drug-likeness (QED) is 0.821. The van der Waals surface area contributed by atoms with Gasteiger partial charge in [0.15, 0.2) is 0 Å². The Morgan fingerprint density at radius 2 is 1.85 bits per heavy atom. The average Bonchev–Trinajstić information content (AvgIpc) is 2.36. The second-order valence-corrected chi connectivity index (χ2v) is 7.69. The van der Waals surface area contributed by atoms with Crippen molar-refractivity contribution in [3.05, 3.63) is 23.8 Å². The maximum Gasteiger partial charge on any atom is 0.243 e. The molecule has 1 rings (SSSR count). The molecule has 0 aliphatic rings. The van der Waals surface area contributed by atoms with Crippen LogP contribution in [0.1, 0.15) is 39.7 Å². The molecule has 0 aromatic heterocycles. The minimum atomic E-state index is -3.50. The average molecular weight is 298 g/mol. The van der Waals surface area contributed by atoms with E-state index in [0.29, 0.717) is 22.9 Å². The Kier molecular flexibility index (Phi) is 5.59. The summed E-state index contributed by atoms with van der Waals surface area (Å²) < 4.78 is 27.0. The zero-order valence-electron chi connectivity index (χ0n) is 13.1. The van der Waals surface area contributed by atoms with Gasteiger partial charge in [0.25, 0.3) is 0 Å². The summed E-state index contributed by atoms with van der Waals surface area (Å²) in [7, 11) is -1.85. The summed E-state index contributed by atoms with van der Waals surface area (Å²) in [6, 6.07) is 5.07. The number of nitrogen functional groups attached to an aromatic ring is 1. The van der Waals surface area contributed by atoms with Gasteiger partial charge in [0.1, 0.15) is 0 Å². The third-order valence-electron chi connectivity index (χ3n) is 3.56. The second-order valence-electron chi connectivity index (χ2n) is 5.72. The number of nitrogens with two attached hydrogens (primary N) is 1. The van der Waals surface area contributed by atoms with Gasteiger partial charge in [0, 0.05) is 18.8 Å². The predicted octanol–water partition coefficient (Wildman–Crippen LogP) is 2.89. The van der Waals surface area contributed by atoms with E-state index < -0.39 is 10.0 Å². The van der Waals surface area contributed by atoms with Crippen molar-refractivity contribution in [1.82, 2.24) is 4.31 Å². The highest BCUT2D eigenvalue weighted by Crippen LogP contribution is 2.25. The number of hydrogen-bond donors (Lipinski definition) is 1. The normalized spacial score (nSPS) is 13.9. The van der Waals surface area contributed by atoms with Gasteiger partial charge in [-0.1, -0.05) is 26.8 Å². The number of sulfonamides is 1. The van der Waals surface area contributed by atoms with Crippen LogP contribution >= 0.6 is 0 Å². The number of benzene rings is 1. The first kappa shape index (κ1) is 17.0. The van der Waals surface area contributed by atoms with Crippen molar-refractivity contribution in [3.8, 4) is 0 Å². The molecular formula is C15H26N2O2S. The maximum atomic E-state index is 12.8. The van der Waals surface area contributed by atoms with Crippen LogP contribution in [0, 0.1) is 5.92 Å². The minimum absolute atomic E-state index is 0.0360. The molecule has 0 saturated heterocycles. The van der Waals surface area contributed by atoms with Crippen molar-refractivity contribution in [2.75, 3.05) is 12.8 Å². The molecule has 0 heterocycles. The van der Waals surface area contributed by atoms with E-state index in [1.165, 1.54) is 4.31 Å². The Morgan fingerprint density at radius 1 is 1.25 bits per heavy atom. The second kappa shape index (κ2) is 6.59. The van der Waals surface area contributed by atoms with Crippen molar-refractivity contribution in [1.29, 1.82) is 0 Å². The Hall–Kier alpha value is -1.07. The highest BCUT2D eigenvalue weighted by atomic mass is 32.2. The fourth-order valence-corrected chi connectivity index (χ4v) is 4.02. The van der Waals surface area contributed by atoms with Gasteiger partial charge >= 0.3 is 0 Å². The lowest BCUT2D eigenvalue weighted by Gasteiger charge is -2.26. The molecule has 0 aliphatic carbocycles. The molecule has 1 aromatic carbocycles. The van der Waals surface area contributed by atoms with Gasteiger partial charge in [-0.2, -0.15) is 4.31 Å². The lowest BCUT2D eigenvalue weighted by molar-refractivity contribution is 0.337. The molecule has 114 valence electrons. The highest BCUT2D eigenvalue weighted by molar-refractivity contribution is 7.89. The van der Waals surface area contributed by atoms with Gasteiger partial charge in [-0.3, -0.25) is 0 Å². The van der Waals surface area contributed by atoms with Crippen molar-refractivity contribution < 1.29 is 8.42 Å². The van der Waals surface area contributed by atoms with Crippen molar-refractivity contribution in [2.45, 2.75) is 51.5 Å². The SMILES string of the molecule is CCc1ccc(N)cc1S(=O)(=O)N(C)C(C)CC(C)C. The van der Waals surface area contributed by atoms with Crippen LogP contribution in [-0.4, -0.2) is 25.8 Å². The van der Waals surface area contributed by atoms with Gasteiger partial charge in [-0.15, -0.1) is 0 Å². The fourth-order valence-electron chi connectivity index (χ4n) is 2.33. The van der Waals surface area contributed by atoms with Crippen LogP contribution in [-0.2, 0) is 16.4 Å². The summed E-state index contributed by atoms with van der Waals surface area (Å²) in [6.07, 6.45) is 1.50. The van der Waals surface area contributed by atoms with E-state index in [1.807, 2.05) is 13.8 Å². The van der Waals surface area contributed by atoms with E-state index >= 15 is 0 Å². The number of rotatable bonds is 6. The van der Waals surface area contributed by atoms with Gasteiger partial charge in [0.2, 0.25) is 10.0 Å². The molecule has 0 aliphatic heterocycles. The molecular weight excluding hydrogens is 272 g/mol. The van der Waals surface area contributed by atoms with Crippen molar-refractivity contribution in [3.63, 3.8) is 0 Å². The van der Waals surface area contributed by atoms with Crippen LogP contribution in [0.25, 0.3) is 0 Å². The largest absolute Gasteiger partial charge is 0.399 e. The first-order chi connectivity index (χ1) is 9.20. The molecule has 1 atom stereocenters. The van der Waals surface area contributed by atoms with E-state index in [0.717, 1.165) is 12.0 Å². The predicted molar refractivity (Wildman–Crippen MR) is 84.1 cm³/mol. The molecule has 1 unspecified atom stereocenters. The molecule has 0 radical (unpaired) electrons. The smallest absolute Gasteiger partial charge is 0.243 e. The molecule has 0 amide bonds. The van der Waals surface area contributed by atoms with Crippen LogP contribution in [0.2, 0.25) is 0 Å². The molecule has 20 heavy (non-hydrogen) atoms. The number of nitrogens with zero attached hydrogens (tertiary/aromatic N) is 1. The van der Waals surface area contributed by atoms with Gasteiger partial charge in [-0.25, -0.2) is 8.42 Å². The van der Waals surface area contributed by atoms with E-state index in [9.17, 15) is 8.42 Å². The fraction of sp³-hybridized carbons (Fsp3) is 0.600. The summed E-state index contributed by atoms with van der Waals surface area (Å²) in [6.45, 7) is 8.07. The van der Waals surface area contributed by atoms with Crippen LogP contribution < -0.4 is 5.73 Å². The van der Waals surface area contributed by atoms with E-state index in [2.05, 4.69) is 13.8 Å². The topological polar surface area (TPSA) is 63.4 Å². The van der Waals surface area contributed by atoms with Gasteiger partial charge in [-0.05, 0) is 43.4 Å². The minimum Gasteiger partial charge on any atom is -0.399 e. The first-order valence-corrected chi connectivity index (χ1v) is 8.50. The summed E-state index contributed by atoms with van der Waals surface area (Å²) in [5.74, 6) is 0.453. The van der Waals surface area contributed by atoms with Gasteiger partial charge < -0.3 is 5.73 Å². The molecule has 2 N–H and O–H groups in total. The first-order valence-electron chi connectivity index (χ1n) is 7.06. The molecule has 0 saturated carbocycles. The number of aryl methyl sites for hydroxylation is 1. The van der Waals surface area contributed by atoms with Crippen molar-refractivity contribution in [2.24, 2.45) is 5.92 Å². The molecule has 0 bridgehead atoms. The number of anilines is 1. The summed E-state index contributed by atoms with van der Waals surface area (Å²) >= 11 is 0. The lowest BCUT2D eigenvalue weighted by atomic mass is 10.1. The van der Waals surface area contributed by atoms with E-state index in [-0.39, 0.29) is 6.04 Å². The van der Waals surface area contributed by atoms with Crippen LogP contribution in [0.15, 0.2) is 23.1 Å². The van der Waals surface area contributed by atoms with E-state index in [1.54, 1.807) is 25.2 Å². The zero-order valence-corrected chi connectivity index (χ0v) is 13.9. The summed E-state index contributed by atoms with van der Waals surface area (Å²) in [5, 5.41) is 0. The Morgan fingerprint density at radius 3 is 2.35 bits per heavy atom. The third-order valence-corrected chi connectivity index (χ3v) is 5.62. The molecule has 4 nitrogen and oxygen atoms in total. The summed E-state index contributed by atoms with van der Waals surface area (Å²) in [5.41, 5.74) is 7.04. The Bertz CT molecular complexity index is 553. The van der Waals surface area contributed by atoms with Crippen LogP contribution in [0.4, 0.5) is 5.69 Å². The lowest BCUT2D eigenvalue weighted by Crippen LogP contribution is -2.36. The standard InChI is InChI=1S/C15H26N2O2S/c1-6-13-7-8-14(16)10-15(13)20(18,19)17(5)12(4)9-11(2)3/h7-8,10-12H,6,9,16H2,1-5H3. The summed E-state index contributed by atoms with van der Waals surface area (Å²) in [4.78, 5) is 0.332. The Balaban J connectivity index is 3.19. The zero-order chi connectivity index (χ0) is 15.5. The van der Waals surface area contributed by atoms with E-state index in [4.69, 9.17) is 5.73 Å². The third kappa shape index (κ3) is 3.73. The number of hydrogen-bond acceptors (Lipinski definition) is 3. The molecule has 0 fully saturated rings. The highest BCUT2D eigenvalue weighted by Gasteiger charge is 2.27. The van der Waals surface area contributed by atoms with Gasteiger partial charge in [0.05, 0.1) is 4.90 Å². The Labute approximate surface area is 123 Å². The molecule has 1 aromatic rings. The van der Waals surface area contributed by atoms with Crippen molar-refractivity contribution >= 4 is 15.7 Å².